The van der Waals surface area contributed by atoms with Crippen LogP contribution in [0.25, 0.3) is 0 Å². The molecule has 0 amide bonds. The lowest BCUT2D eigenvalue weighted by Crippen LogP contribution is -2.14. The molecule has 0 unspecified atom stereocenters. The van der Waals surface area contributed by atoms with Crippen LogP contribution < -0.4 is 5.73 Å². The van der Waals surface area contributed by atoms with Gasteiger partial charge in [-0.1, -0.05) is 12.8 Å². The number of phenolic OH excluding ortho intramolecular Hbond substituents is 1. The third-order valence-electron chi connectivity index (χ3n) is 2.83. The lowest BCUT2D eigenvalue weighted by Gasteiger charge is -2.14. The maximum Gasteiger partial charge on any atom is 0.195 e. The van der Waals surface area contributed by atoms with Gasteiger partial charge in [-0.2, -0.15) is 0 Å². The molecule has 0 radical (unpaired) electrons. The van der Waals surface area contributed by atoms with Crippen LogP contribution in [-0.2, 0) is 0 Å². The number of benzene rings is 1. The molecule has 1 fully saturated rings. The quantitative estimate of drug-likeness (QED) is 0.785. The second kappa shape index (κ2) is 3.97. The largest absolute Gasteiger partial charge is 0.507 e. The smallest absolute Gasteiger partial charge is 0.195 e. The Labute approximate surface area is 90.9 Å². The van der Waals surface area contributed by atoms with Gasteiger partial charge in [0, 0.05) is 17.7 Å². The van der Waals surface area contributed by atoms with Crippen molar-refractivity contribution in [3.05, 3.63) is 29.1 Å². The predicted molar refractivity (Wildman–Crippen MR) is 52.3 cm³/mol. The molecule has 0 bridgehead atoms. The van der Waals surface area contributed by atoms with Crippen molar-refractivity contribution in [1.29, 1.82) is 0 Å². The first-order valence-corrected chi connectivity index (χ1v) is 5.12. The first-order chi connectivity index (χ1) is 7.50. The van der Waals surface area contributed by atoms with Crippen molar-refractivity contribution in [2.75, 3.05) is 0 Å². The Hall–Kier alpha value is -1.23. The molecule has 1 aromatic carbocycles. The van der Waals surface area contributed by atoms with Crippen LogP contribution in [0, 0.1) is 23.4 Å². The van der Waals surface area contributed by atoms with Crippen LogP contribution in [0.4, 0.5) is 13.2 Å². The fourth-order valence-electron chi connectivity index (χ4n) is 1.78. The molecule has 0 heterocycles. The van der Waals surface area contributed by atoms with Crippen LogP contribution in [0.5, 0.6) is 5.75 Å². The van der Waals surface area contributed by atoms with Gasteiger partial charge < -0.3 is 10.8 Å². The Bertz CT molecular complexity index is 418. The lowest BCUT2D eigenvalue weighted by molar-refractivity contribution is 0.396. The maximum atomic E-state index is 13.4. The molecular formula is C11H12F3NO. The number of aromatic hydroxyl groups is 1. The van der Waals surface area contributed by atoms with E-state index >= 15 is 0 Å². The van der Waals surface area contributed by atoms with Gasteiger partial charge in [0.1, 0.15) is 5.75 Å². The van der Waals surface area contributed by atoms with Gasteiger partial charge in [-0.15, -0.1) is 0 Å². The van der Waals surface area contributed by atoms with Crippen molar-refractivity contribution < 1.29 is 18.3 Å². The first-order valence-electron chi connectivity index (χ1n) is 5.12. The van der Waals surface area contributed by atoms with Crippen LogP contribution in [0.15, 0.2) is 6.07 Å². The highest BCUT2D eigenvalue weighted by molar-refractivity contribution is 5.37. The van der Waals surface area contributed by atoms with Crippen molar-refractivity contribution in [3.8, 4) is 5.75 Å². The van der Waals surface area contributed by atoms with Gasteiger partial charge in [-0.25, -0.2) is 13.2 Å². The molecule has 2 nitrogen and oxygen atoms in total. The number of hydrogen-bond donors (Lipinski definition) is 2. The van der Waals surface area contributed by atoms with Crippen molar-refractivity contribution in [2.45, 2.75) is 25.3 Å². The van der Waals surface area contributed by atoms with E-state index in [1.165, 1.54) is 0 Å². The number of halogens is 3. The van der Waals surface area contributed by atoms with Crippen LogP contribution in [0.1, 0.15) is 30.9 Å². The van der Waals surface area contributed by atoms with E-state index in [1.807, 2.05) is 0 Å². The van der Waals surface area contributed by atoms with Crippen LogP contribution in [0.2, 0.25) is 0 Å². The minimum atomic E-state index is -1.58. The first kappa shape index (κ1) is 11.3. The lowest BCUT2D eigenvalue weighted by atomic mass is 10.00. The highest BCUT2D eigenvalue weighted by Crippen LogP contribution is 2.39. The van der Waals surface area contributed by atoms with Gasteiger partial charge in [0.2, 0.25) is 0 Å². The third kappa shape index (κ3) is 2.00. The van der Waals surface area contributed by atoms with E-state index in [0.717, 1.165) is 12.8 Å². The number of nitrogens with two attached hydrogens (primary N) is 1. The molecule has 0 aromatic heterocycles. The molecule has 1 saturated carbocycles. The van der Waals surface area contributed by atoms with Crippen molar-refractivity contribution >= 4 is 0 Å². The average molecular weight is 231 g/mol. The molecule has 1 aliphatic carbocycles. The Morgan fingerprint density at radius 2 is 1.94 bits per heavy atom. The standard InChI is InChI=1S/C11H12F3NO/c12-6-4-8(16)9(11(14)10(6)13)7(15)3-5-1-2-5/h4-5,7,16H,1-3,15H2/t7-/m1/s1. The van der Waals surface area contributed by atoms with Gasteiger partial charge in [0.15, 0.2) is 17.5 Å². The summed E-state index contributed by atoms with van der Waals surface area (Å²) in [5, 5.41) is 9.37. The second-order valence-corrected chi connectivity index (χ2v) is 4.20. The Balaban J connectivity index is 2.34. The van der Waals surface area contributed by atoms with Gasteiger partial charge in [0.25, 0.3) is 0 Å². The van der Waals surface area contributed by atoms with Crippen LogP contribution >= 0.6 is 0 Å². The average Bonchev–Trinajstić information content (AvgIpc) is 2.98. The van der Waals surface area contributed by atoms with Crippen molar-refractivity contribution in [3.63, 3.8) is 0 Å². The van der Waals surface area contributed by atoms with E-state index in [1.54, 1.807) is 0 Å². The van der Waals surface area contributed by atoms with E-state index in [9.17, 15) is 18.3 Å². The molecule has 0 aliphatic heterocycles. The molecule has 0 saturated heterocycles. The predicted octanol–water partition coefficient (Wildman–Crippen LogP) is 2.61. The Morgan fingerprint density at radius 1 is 1.31 bits per heavy atom. The zero-order valence-electron chi connectivity index (χ0n) is 8.51. The summed E-state index contributed by atoms with van der Waals surface area (Å²) in [6.07, 6.45) is 2.51. The number of phenols is 1. The topological polar surface area (TPSA) is 46.2 Å². The fraction of sp³-hybridized carbons (Fsp3) is 0.455. The van der Waals surface area contributed by atoms with Crippen LogP contribution in [0.3, 0.4) is 0 Å². The van der Waals surface area contributed by atoms with Gasteiger partial charge in [-0.05, 0) is 12.3 Å². The summed E-state index contributed by atoms with van der Waals surface area (Å²) in [4.78, 5) is 0. The molecule has 88 valence electrons. The normalized spacial score (nSPS) is 17.5. The third-order valence-corrected chi connectivity index (χ3v) is 2.83. The SMILES string of the molecule is N[C@H](CC1CC1)c1c(O)cc(F)c(F)c1F. The van der Waals surface area contributed by atoms with E-state index in [2.05, 4.69) is 0 Å². The summed E-state index contributed by atoms with van der Waals surface area (Å²) in [6.45, 7) is 0. The van der Waals surface area contributed by atoms with E-state index < -0.39 is 29.2 Å². The Kier molecular flexibility index (Phi) is 2.80. The van der Waals surface area contributed by atoms with Gasteiger partial charge in [0.05, 0.1) is 0 Å². The second-order valence-electron chi connectivity index (χ2n) is 4.20. The minimum absolute atomic E-state index is 0.328. The summed E-state index contributed by atoms with van der Waals surface area (Å²) in [6, 6.07) is -0.233. The molecule has 2 rings (SSSR count). The maximum absolute atomic E-state index is 13.4. The summed E-state index contributed by atoms with van der Waals surface area (Å²) >= 11 is 0. The highest BCUT2D eigenvalue weighted by Gasteiger charge is 2.29. The Morgan fingerprint density at radius 3 is 2.50 bits per heavy atom. The van der Waals surface area contributed by atoms with Crippen molar-refractivity contribution in [2.24, 2.45) is 11.7 Å². The molecule has 1 aliphatic rings. The molecule has 1 aromatic rings. The monoisotopic (exact) mass is 231 g/mol. The molecule has 5 heteroatoms. The molecule has 0 spiro atoms. The zero-order valence-corrected chi connectivity index (χ0v) is 8.51. The molecule has 16 heavy (non-hydrogen) atoms. The zero-order chi connectivity index (χ0) is 11.9. The van der Waals surface area contributed by atoms with E-state index in [-0.39, 0.29) is 5.56 Å². The van der Waals surface area contributed by atoms with E-state index in [0.29, 0.717) is 18.4 Å². The summed E-state index contributed by atoms with van der Waals surface area (Å²) < 4.78 is 39.1. The van der Waals surface area contributed by atoms with Gasteiger partial charge in [-0.3, -0.25) is 0 Å². The van der Waals surface area contributed by atoms with Gasteiger partial charge >= 0.3 is 0 Å². The van der Waals surface area contributed by atoms with Crippen molar-refractivity contribution in [1.82, 2.24) is 0 Å². The highest BCUT2D eigenvalue weighted by atomic mass is 19.2. The summed E-state index contributed by atoms with van der Waals surface area (Å²) in [5.41, 5.74) is 5.34. The number of hydrogen-bond acceptors (Lipinski definition) is 2. The van der Waals surface area contributed by atoms with Crippen LogP contribution in [-0.4, -0.2) is 5.11 Å². The number of rotatable bonds is 3. The molecule has 1 atom stereocenters. The summed E-state index contributed by atoms with van der Waals surface area (Å²) in [5.74, 6) is -4.59. The minimum Gasteiger partial charge on any atom is -0.507 e. The van der Waals surface area contributed by atoms with E-state index in [4.69, 9.17) is 5.73 Å². The molecular weight excluding hydrogens is 219 g/mol. The summed E-state index contributed by atoms with van der Waals surface area (Å²) in [7, 11) is 0. The fourth-order valence-corrected chi connectivity index (χ4v) is 1.78. The molecule has 3 N–H and O–H groups in total.